The molecular weight excluding hydrogens is 238 g/mol. The van der Waals surface area contributed by atoms with Gasteiger partial charge in [-0.15, -0.1) is 6.58 Å². The lowest BCUT2D eigenvalue weighted by Gasteiger charge is -2.23. The first kappa shape index (κ1) is 15.2. The van der Waals surface area contributed by atoms with Crippen LogP contribution in [-0.2, 0) is 9.53 Å². The fourth-order valence-electron chi connectivity index (χ4n) is 1.57. The van der Waals surface area contributed by atoms with Gasteiger partial charge in [0, 0.05) is 12.6 Å². The highest BCUT2D eigenvalue weighted by Crippen LogP contribution is 2.19. The summed E-state index contributed by atoms with van der Waals surface area (Å²) in [5.41, 5.74) is 0.0390. The molecule has 102 valence electrons. The van der Waals surface area contributed by atoms with Gasteiger partial charge in [-0.2, -0.15) is 0 Å². The molecule has 0 aliphatic carbocycles. The third-order valence-corrected chi connectivity index (χ3v) is 2.62. The van der Waals surface area contributed by atoms with E-state index in [1.165, 1.54) is 0 Å². The Balaban J connectivity index is 2.90. The molecule has 3 heteroatoms. The highest BCUT2D eigenvalue weighted by molar-refractivity contribution is 5.86. The number of ether oxygens (including phenoxy) is 1. The first-order chi connectivity index (χ1) is 8.98. The van der Waals surface area contributed by atoms with Crippen LogP contribution in [0.2, 0.25) is 0 Å². The van der Waals surface area contributed by atoms with Crippen LogP contribution in [0.5, 0.6) is 0 Å². The molecule has 0 amide bonds. The molecule has 3 nitrogen and oxygen atoms in total. The zero-order valence-corrected chi connectivity index (χ0v) is 11.8. The summed E-state index contributed by atoms with van der Waals surface area (Å²) in [7, 11) is 0. The van der Waals surface area contributed by atoms with E-state index in [9.17, 15) is 4.79 Å². The average Bonchev–Trinajstić information content (AvgIpc) is 2.37. The van der Waals surface area contributed by atoms with Crippen molar-refractivity contribution in [3.63, 3.8) is 0 Å². The van der Waals surface area contributed by atoms with Gasteiger partial charge in [-0.25, -0.2) is 4.79 Å². The molecule has 1 aromatic rings. The Kier molecular flexibility index (Phi) is 5.49. The van der Waals surface area contributed by atoms with Crippen molar-refractivity contribution in [1.82, 2.24) is 0 Å². The van der Waals surface area contributed by atoms with E-state index in [1.807, 2.05) is 44.2 Å². The maximum absolute atomic E-state index is 12.1. The lowest BCUT2D eigenvalue weighted by Crippen LogP contribution is -2.36. The number of hydrogen-bond acceptors (Lipinski definition) is 3. The summed E-state index contributed by atoms with van der Waals surface area (Å²) in [6.45, 7) is 9.10. The summed E-state index contributed by atoms with van der Waals surface area (Å²) >= 11 is 0. The smallest absolute Gasteiger partial charge is 0.334 e. The lowest BCUT2D eigenvalue weighted by molar-refractivity contribution is -0.153. The minimum absolute atomic E-state index is 0.149. The first-order valence-corrected chi connectivity index (χ1v) is 6.40. The number of aliphatic imine (C=N–C) groups is 1. The van der Waals surface area contributed by atoms with Gasteiger partial charge in [0.1, 0.15) is 0 Å². The maximum atomic E-state index is 12.1. The minimum Gasteiger partial charge on any atom is -0.461 e. The second kappa shape index (κ2) is 6.88. The molecule has 0 spiro atoms. The molecule has 0 saturated carbocycles. The summed E-state index contributed by atoms with van der Waals surface area (Å²) in [6, 6.07) is 9.67. The van der Waals surface area contributed by atoms with Crippen LogP contribution in [0.3, 0.4) is 0 Å². The van der Waals surface area contributed by atoms with E-state index in [2.05, 4.69) is 11.6 Å². The molecule has 0 heterocycles. The molecular formula is C16H21NO2. The number of carbonyl (C=O) groups is 1. The molecule has 0 bridgehead atoms. The SMILES string of the molecule is C=CCC(C)(N=Cc1ccccc1)C(=O)OC(C)C. The molecule has 1 rings (SSSR count). The van der Waals surface area contributed by atoms with Gasteiger partial charge in [0.05, 0.1) is 6.10 Å². The summed E-state index contributed by atoms with van der Waals surface area (Å²) in [5.74, 6) is -0.324. The van der Waals surface area contributed by atoms with Gasteiger partial charge in [-0.1, -0.05) is 36.4 Å². The normalized spacial score (nSPS) is 14.3. The zero-order chi connectivity index (χ0) is 14.3. The molecule has 0 fully saturated rings. The monoisotopic (exact) mass is 259 g/mol. The van der Waals surface area contributed by atoms with Crippen LogP contribution in [-0.4, -0.2) is 23.8 Å². The Morgan fingerprint density at radius 1 is 1.42 bits per heavy atom. The third kappa shape index (κ3) is 4.70. The minimum atomic E-state index is -0.915. The van der Waals surface area contributed by atoms with Gasteiger partial charge >= 0.3 is 5.97 Å². The van der Waals surface area contributed by atoms with Gasteiger partial charge in [0.25, 0.3) is 0 Å². The van der Waals surface area contributed by atoms with Crippen LogP contribution in [0, 0.1) is 0 Å². The molecule has 1 atom stereocenters. The molecule has 0 N–H and O–H groups in total. The van der Waals surface area contributed by atoms with E-state index >= 15 is 0 Å². The number of carbonyl (C=O) groups excluding carboxylic acids is 1. The molecule has 0 aliphatic rings. The number of hydrogen-bond donors (Lipinski definition) is 0. The van der Waals surface area contributed by atoms with Gasteiger partial charge in [0.2, 0.25) is 0 Å². The molecule has 1 aromatic carbocycles. The van der Waals surface area contributed by atoms with E-state index in [-0.39, 0.29) is 12.1 Å². The number of esters is 1. The topological polar surface area (TPSA) is 38.7 Å². The second-order valence-corrected chi connectivity index (χ2v) is 4.89. The highest BCUT2D eigenvalue weighted by atomic mass is 16.5. The highest BCUT2D eigenvalue weighted by Gasteiger charge is 2.33. The standard InChI is InChI=1S/C16H21NO2/c1-5-11-16(4,15(18)19-13(2)3)17-12-14-9-7-6-8-10-14/h5-10,12-13H,1,11H2,2-4H3. The van der Waals surface area contributed by atoms with Crippen LogP contribution >= 0.6 is 0 Å². The average molecular weight is 259 g/mol. The van der Waals surface area contributed by atoms with Crippen molar-refractivity contribution in [3.8, 4) is 0 Å². The van der Waals surface area contributed by atoms with Crippen LogP contribution in [0.1, 0.15) is 32.8 Å². The van der Waals surface area contributed by atoms with E-state index in [1.54, 1.807) is 19.2 Å². The van der Waals surface area contributed by atoms with Crippen LogP contribution < -0.4 is 0 Å². The zero-order valence-electron chi connectivity index (χ0n) is 11.8. The molecule has 0 aromatic heterocycles. The summed E-state index contributed by atoms with van der Waals surface area (Å²) in [5, 5.41) is 0. The van der Waals surface area contributed by atoms with Crippen LogP contribution in [0.4, 0.5) is 0 Å². The Bertz CT molecular complexity index is 451. The molecule has 0 radical (unpaired) electrons. The van der Waals surface area contributed by atoms with Crippen molar-refractivity contribution in [2.45, 2.75) is 38.8 Å². The Morgan fingerprint density at radius 3 is 2.58 bits per heavy atom. The number of rotatable bonds is 6. The van der Waals surface area contributed by atoms with E-state index < -0.39 is 5.54 Å². The van der Waals surface area contributed by atoms with Crippen LogP contribution in [0.15, 0.2) is 48.0 Å². The Hall–Kier alpha value is -1.90. The van der Waals surface area contributed by atoms with E-state index in [0.29, 0.717) is 6.42 Å². The van der Waals surface area contributed by atoms with Gasteiger partial charge in [-0.05, 0) is 26.3 Å². The number of nitrogens with zero attached hydrogens (tertiary/aromatic N) is 1. The number of benzene rings is 1. The van der Waals surface area contributed by atoms with E-state index in [4.69, 9.17) is 4.74 Å². The second-order valence-electron chi connectivity index (χ2n) is 4.89. The quantitative estimate of drug-likeness (QED) is 0.446. The third-order valence-electron chi connectivity index (χ3n) is 2.62. The lowest BCUT2D eigenvalue weighted by atomic mass is 9.99. The first-order valence-electron chi connectivity index (χ1n) is 6.40. The van der Waals surface area contributed by atoms with Gasteiger partial charge in [-0.3, -0.25) is 4.99 Å². The molecule has 0 saturated heterocycles. The van der Waals surface area contributed by atoms with Gasteiger partial charge < -0.3 is 4.74 Å². The van der Waals surface area contributed by atoms with Crippen LogP contribution in [0.25, 0.3) is 0 Å². The van der Waals surface area contributed by atoms with Crippen molar-refractivity contribution < 1.29 is 9.53 Å². The van der Waals surface area contributed by atoms with Crippen molar-refractivity contribution in [3.05, 3.63) is 48.6 Å². The Labute approximate surface area is 115 Å². The Morgan fingerprint density at radius 2 is 2.05 bits per heavy atom. The van der Waals surface area contributed by atoms with Crippen molar-refractivity contribution >= 4 is 12.2 Å². The fraction of sp³-hybridized carbons (Fsp3) is 0.375. The predicted molar refractivity (Wildman–Crippen MR) is 78.5 cm³/mol. The van der Waals surface area contributed by atoms with Gasteiger partial charge in [0.15, 0.2) is 5.54 Å². The molecule has 19 heavy (non-hydrogen) atoms. The van der Waals surface area contributed by atoms with Crippen molar-refractivity contribution in [1.29, 1.82) is 0 Å². The maximum Gasteiger partial charge on any atom is 0.334 e. The van der Waals surface area contributed by atoms with Crippen molar-refractivity contribution in [2.24, 2.45) is 4.99 Å². The fourth-order valence-corrected chi connectivity index (χ4v) is 1.57. The largest absolute Gasteiger partial charge is 0.461 e. The predicted octanol–water partition coefficient (Wildman–Crippen LogP) is 3.39. The summed E-state index contributed by atoms with van der Waals surface area (Å²) in [6.07, 6.45) is 3.68. The molecule has 0 aliphatic heterocycles. The molecule has 1 unspecified atom stereocenters. The van der Waals surface area contributed by atoms with E-state index in [0.717, 1.165) is 5.56 Å². The summed E-state index contributed by atoms with van der Waals surface area (Å²) in [4.78, 5) is 16.5. The van der Waals surface area contributed by atoms with Crippen molar-refractivity contribution in [2.75, 3.05) is 0 Å². The summed E-state index contributed by atoms with van der Waals surface area (Å²) < 4.78 is 5.26.